The third-order valence-corrected chi connectivity index (χ3v) is 5.79. The summed E-state index contributed by atoms with van der Waals surface area (Å²) in [5.74, 6) is 0.532. The zero-order valence-electron chi connectivity index (χ0n) is 14.5. The van der Waals surface area contributed by atoms with E-state index in [9.17, 15) is 18.3 Å². The van der Waals surface area contributed by atoms with Gasteiger partial charge in [0.25, 0.3) is 0 Å². The lowest BCUT2D eigenvalue weighted by Crippen LogP contribution is -2.41. The molecule has 26 heavy (non-hydrogen) atoms. The van der Waals surface area contributed by atoms with Crippen LogP contribution in [0.4, 0.5) is 0 Å². The van der Waals surface area contributed by atoms with E-state index in [4.69, 9.17) is 4.74 Å². The number of aryl methyl sites for hydroxylation is 1. The molecule has 0 saturated heterocycles. The molecule has 0 bridgehead atoms. The number of ether oxygens (including phenoxy) is 1. The number of rotatable bonds is 9. The molecule has 0 heterocycles. The first-order valence-electron chi connectivity index (χ1n) is 7.91. The summed E-state index contributed by atoms with van der Waals surface area (Å²) in [6, 6.07) is 12.2. The van der Waals surface area contributed by atoms with E-state index in [2.05, 4.69) is 4.72 Å². The van der Waals surface area contributed by atoms with Crippen LogP contribution in [0.2, 0.25) is 0 Å². The number of aliphatic carboxylic acids is 1. The molecule has 0 aliphatic rings. The molecule has 0 aliphatic carbocycles. The van der Waals surface area contributed by atoms with Gasteiger partial charge in [0.2, 0.25) is 10.0 Å². The maximum absolute atomic E-state index is 12.4. The van der Waals surface area contributed by atoms with Crippen molar-refractivity contribution in [3.8, 4) is 11.5 Å². The van der Waals surface area contributed by atoms with E-state index in [1.54, 1.807) is 12.1 Å². The van der Waals surface area contributed by atoms with Crippen LogP contribution >= 0.6 is 11.8 Å². The second-order valence-electron chi connectivity index (χ2n) is 5.63. The van der Waals surface area contributed by atoms with Crippen molar-refractivity contribution in [3.63, 3.8) is 0 Å². The Labute approximate surface area is 157 Å². The van der Waals surface area contributed by atoms with Gasteiger partial charge in [0.15, 0.2) is 0 Å². The molecule has 2 rings (SSSR count). The molecule has 6 nitrogen and oxygen atoms in total. The molecule has 8 heteroatoms. The van der Waals surface area contributed by atoms with E-state index in [0.29, 0.717) is 17.3 Å². The van der Waals surface area contributed by atoms with E-state index in [0.717, 1.165) is 5.56 Å². The minimum Gasteiger partial charge on any atom is -0.480 e. The Kier molecular flexibility index (Phi) is 7.07. The van der Waals surface area contributed by atoms with Crippen molar-refractivity contribution in [2.45, 2.75) is 24.3 Å². The highest BCUT2D eigenvalue weighted by molar-refractivity contribution is 7.98. The highest BCUT2D eigenvalue weighted by Gasteiger charge is 2.25. The van der Waals surface area contributed by atoms with Crippen molar-refractivity contribution in [1.82, 2.24) is 4.72 Å². The molecule has 1 unspecified atom stereocenters. The summed E-state index contributed by atoms with van der Waals surface area (Å²) in [5, 5.41) is 9.19. The number of carbonyl (C=O) groups is 1. The molecular weight excluding hydrogens is 374 g/mol. The Bertz CT molecular complexity index is 850. The normalized spacial score (nSPS) is 12.5. The van der Waals surface area contributed by atoms with Crippen LogP contribution in [0.25, 0.3) is 0 Å². The van der Waals surface area contributed by atoms with Crippen LogP contribution in [0.5, 0.6) is 11.5 Å². The van der Waals surface area contributed by atoms with Crippen LogP contribution < -0.4 is 9.46 Å². The summed E-state index contributed by atoms with van der Waals surface area (Å²) >= 11 is 1.46. The average molecular weight is 396 g/mol. The number of hydrogen-bond acceptors (Lipinski definition) is 5. The SMILES string of the molecule is CSCCC(NS(=O)(=O)c1ccc(Oc2ccccc2C)cc1)C(=O)O. The maximum atomic E-state index is 12.4. The lowest BCUT2D eigenvalue weighted by atomic mass is 10.2. The number of para-hydroxylation sites is 1. The molecule has 2 N–H and O–H groups in total. The molecule has 0 amide bonds. The first-order valence-corrected chi connectivity index (χ1v) is 10.8. The van der Waals surface area contributed by atoms with Crippen molar-refractivity contribution < 1.29 is 23.1 Å². The Balaban J connectivity index is 2.13. The highest BCUT2D eigenvalue weighted by Crippen LogP contribution is 2.25. The van der Waals surface area contributed by atoms with Crippen molar-refractivity contribution in [2.75, 3.05) is 12.0 Å². The van der Waals surface area contributed by atoms with Gasteiger partial charge in [-0.3, -0.25) is 4.79 Å². The van der Waals surface area contributed by atoms with E-state index >= 15 is 0 Å². The van der Waals surface area contributed by atoms with Crippen LogP contribution in [0.3, 0.4) is 0 Å². The number of benzene rings is 2. The third-order valence-electron chi connectivity index (χ3n) is 3.66. The van der Waals surface area contributed by atoms with Crippen molar-refractivity contribution in [1.29, 1.82) is 0 Å². The summed E-state index contributed by atoms with van der Waals surface area (Å²) in [4.78, 5) is 11.2. The largest absolute Gasteiger partial charge is 0.480 e. The van der Waals surface area contributed by atoms with Crippen molar-refractivity contribution in [2.24, 2.45) is 0 Å². The molecule has 140 valence electrons. The van der Waals surface area contributed by atoms with E-state index < -0.39 is 22.0 Å². The van der Waals surface area contributed by atoms with Gasteiger partial charge in [-0.2, -0.15) is 16.5 Å². The molecule has 2 aromatic carbocycles. The fourth-order valence-electron chi connectivity index (χ4n) is 2.21. The zero-order chi connectivity index (χ0) is 19.2. The van der Waals surface area contributed by atoms with E-state index in [-0.39, 0.29) is 11.3 Å². The first-order chi connectivity index (χ1) is 12.3. The van der Waals surface area contributed by atoms with Crippen LogP contribution in [0.15, 0.2) is 53.4 Å². The van der Waals surface area contributed by atoms with Crippen LogP contribution in [0, 0.1) is 6.92 Å². The van der Waals surface area contributed by atoms with Crippen LogP contribution in [0.1, 0.15) is 12.0 Å². The van der Waals surface area contributed by atoms with Gasteiger partial charge in [-0.1, -0.05) is 18.2 Å². The van der Waals surface area contributed by atoms with E-state index in [1.165, 1.54) is 23.9 Å². The lowest BCUT2D eigenvalue weighted by Gasteiger charge is -2.14. The Morgan fingerprint density at radius 3 is 2.42 bits per heavy atom. The summed E-state index contributed by atoms with van der Waals surface area (Å²) < 4.78 is 32.8. The Morgan fingerprint density at radius 1 is 1.19 bits per heavy atom. The molecule has 0 spiro atoms. The number of carboxylic acid groups (broad SMARTS) is 1. The Hall–Kier alpha value is -2.03. The zero-order valence-corrected chi connectivity index (χ0v) is 16.1. The number of sulfonamides is 1. The average Bonchev–Trinajstić information content (AvgIpc) is 2.61. The number of nitrogens with one attached hydrogen (secondary N) is 1. The third kappa shape index (κ3) is 5.48. The predicted octanol–water partition coefficient (Wildman–Crippen LogP) is 3.27. The molecular formula is C18H21NO5S2. The van der Waals surface area contributed by atoms with Crippen molar-refractivity contribution in [3.05, 3.63) is 54.1 Å². The van der Waals surface area contributed by atoms with Gasteiger partial charge in [-0.05, 0) is 61.2 Å². The van der Waals surface area contributed by atoms with Gasteiger partial charge in [0.1, 0.15) is 17.5 Å². The molecule has 0 aliphatic heterocycles. The molecule has 2 aromatic rings. The van der Waals surface area contributed by atoms with Crippen LogP contribution in [-0.4, -0.2) is 37.5 Å². The minimum absolute atomic E-state index is 0.00923. The van der Waals surface area contributed by atoms with Crippen LogP contribution in [-0.2, 0) is 14.8 Å². The van der Waals surface area contributed by atoms with Gasteiger partial charge in [0, 0.05) is 0 Å². The quantitative estimate of drug-likeness (QED) is 0.677. The molecule has 0 radical (unpaired) electrons. The topological polar surface area (TPSA) is 92.7 Å². The summed E-state index contributed by atoms with van der Waals surface area (Å²) in [6.07, 6.45) is 2.05. The van der Waals surface area contributed by atoms with Gasteiger partial charge in [-0.25, -0.2) is 8.42 Å². The monoisotopic (exact) mass is 395 g/mol. The summed E-state index contributed by atoms with van der Waals surface area (Å²) in [7, 11) is -3.93. The van der Waals surface area contributed by atoms with E-state index in [1.807, 2.05) is 37.4 Å². The smallest absolute Gasteiger partial charge is 0.321 e. The highest BCUT2D eigenvalue weighted by atomic mass is 32.2. The second-order valence-corrected chi connectivity index (χ2v) is 8.33. The predicted molar refractivity (Wildman–Crippen MR) is 102 cm³/mol. The number of carboxylic acids is 1. The van der Waals surface area contributed by atoms with Gasteiger partial charge in [0.05, 0.1) is 4.90 Å². The van der Waals surface area contributed by atoms with Gasteiger partial charge < -0.3 is 9.84 Å². The number of thioether (sulfide) groups is 1. The molecule has 0 fully saturated rings. The summed E-state index contributed by atoms with van der Waals surface area (Å²) in [5.41, 5.74) is 0.962. The summed E-state index contributed by atoms with van der Waals surface area (Å²) in [6.45, 7) is 1.92. The fourth-order valence-corrected chi connectivity index (χ4v) is 3.90. The standard InChI is InChI=1S/C18H21NO5S2/c1-13-5-3-4-6-17(13)24-14-7-9-15(10-8-14)26(22,23)19-16(18(20)21)11-12-25-2/h3-10,16,19H,11-12H2,1-2H3,(H,20,21). The number of hydrogen-bond donors (Lipinski definition) is 2. The van der Waals surface area contributed by atoms with Gasteiger partial charge >= 0.3 is 5.97 Å². The lowest BCUT2D eigenvalue weighted by molar-refractivity contribution is -0.139. The fraction of sp³-hybridized carbons (Fsp3) is 0.278. The molecule has 0 saturated carbocycles. The molecule has 0 aromatic heterocycles. The van der Waals surface area contributed by atoms with Gasteiger partial charge in [-0.15, -0.1) is 0 Å². The van der Waals surface area contributed by atoms with Crippen molar-refractivity contribution >= 4 is 27.8 Å². The maximum Gasteiger partial charge on any atom is 0.321 e. The Morgan fingerprint density at radius 2 is 1.85 bits per heavy atom. The minimum atomic E-state index is -3.93. The second kappa shape index (κ2) is 9.07. The molecule has 1 atom stereocenters. The first kappa shape index (κ1) is 20.3.